The minimum atomic E-state index is -4.73. The van der Waals surface area contributed by atoms with Crippen LogP contribution in [0.4, 0.5) is 13.2 Å². The number of hydrogen-bond acceptors (Lipinski definition) is 4. The van der Waals surface area contributed by atoms with Crippen molar-refractivity contribution in [1.29, 1.82) is 0 Å². The molecule has 0 unspecified atom stereocenters. The lowest BCUT2D eigenvalue weighted by Crippen LogP contribution is -2.42. The Labute approximate surface area is 118 Å². The number of Topliss-reactive ketones (excluding diaryl/α,β-unsaturated/α-hetero) is 1. The van der Waals surface area contributed by atoms with Crippen molar-refractivity contribution in [3.63, 3.8) is 0 Å². The van der Waals surface area contributed by atoms with E-state index in [0.717, 1.165) is 19.2 Å². The number of carbonyl (C=O) groups excluding carboxylic acids is 2. The molecule has 0 saturated carbocycles. The van der Waals surface area contributed by atoms with E-state index in [0.29, 0.717) is 0 Å². The molecule has 0 amide bonds. The zero-order chi connectivity index (χ0) is 16.0. The van der Waals surface area contributed by atoms with Crippen LogP contribution < -0.4 is 4.74 Å². The molecule has 0 aromatic heterocycles. The number of ether oxygens (including phenoxy) is 2. The van der Waals surface area contributed by atoms with Gasteiger partial charge in [-0.3, -0.25) is 4.79 Å². The molecule has 0 aliphatic carbocycles. The van der Waals surface area contributed by atoms with Crippen molar-refractivity contribution in [2.24, 2.45) is 0 Å². The standard InChI is InChI=1S/C14H13F3O4/c1-13(2)11(18)5-7-4-8(12(19)20-3)9(14(15,16)17)6-10(7)21-13/h4,6H,5H2,1-3H3. The van der Waals surface area contributed by atoms with Gasteiger partial charge < -0.3 is 9.47 Å². The molecule has 0 spiro atoms. The summed E-state index contributed by atoms with van der Waals surface area (Å²) < 4.78 is 48.9. The van der Waals surface area contributed by atoms with Crippen LogP contribution in [0, 0.1) is 0 Å². The number of esters is 1. The van der Waals surface area contributed by atoms with Gasteiger partial charge in [-0.2, -0.15) is 13.2 Å². The third kappa shape index (κ3) is 2.72. The molecule has 2 rings (SSSR count). The Morgan fingerprint density at radius 3 is 2.48 bits per heavy atom. The minimum Gasteiger partial charge on any atom is -0.480 e. The predicted octanol–water partition coefficient (Wildman–Crippen LogP) is 2.77. The van der Waals surface area contributed by atoms with Crippen molar-refractivity contribution >= 4 is 11.8 Å². The van der Waals surface area contributed by atoms with Crippen LogP contribution in [-0.2, 0) is 22.1 Å². The average molecular weight is 302 g/mol. The van der Waals surface area contributed by atoms with Gasteiger partial charge in [0.15, 0.2) is 11.4 Å². The van der Waals surface area contributed by atoms with Gasteiger partial charge in [-0.15, -0.1) is 0 Å². The van der Waals surface area contributed by atoms with Gasteiger partial charge in [-0.25, -0.2) is 4.79 Å². The molecular weight excluding hydrogens is 289 g/mol. The predicted molar refractivity (Wildman–Crippen MR) is 66.2 cm³/mol. The van der Waals surface area contributed by atoms with Crippen LogP contribution in [0.2, 0.25) is 0 Å². The molecule has 114 valence electrons. The summed E-state index contributed by atoms with van der Waals surface area (Å²) in [5, 5.41) is 0. The van der Waals surface area contributed by atoms with Gasteiger partial charge in [0.25, 0.3) is 0 Å². The molecule has 0 N–H and O–H groups in total. The van der Waals surface area contributed by atoms with Gasteiger partial charge in [0.1, 0.15) is 5.75 Å². The molecule has 0 fully saturated rings. The maximum atomic E-state index is 13.1. The summed E-state index contributed by atoms with van der Waals surface area (Å²) in [5.41, 5.74) is -2.71. The fourth-order valence-corrected chi connectivity index (χ4v) is 2.09. The van der Waals surface area contributed by atoms with Gasteiger partial charge in [-0.05, 0) is 26.0 Å². The van der Waals surface area contributed by atoms with E-state index in [4.69, 9.17) is 4.74 Å². The topological polar surface area (TPSA) is 52.6 Å². The highest BCUT2D eigenvalue weighted by Crippen LogP contribution is 2.39. The Bertz CT molecular complexity index is 617. The number of rotatable bonds is 1. The van der Waals surface area contributed by atoms with Crippen molar-refractivity contribution in [2.45, 2.75) is 32.0 Å². The average Bonchev–Trinajstić information content (AvgIpc) is 2.36. The molecule has 4 nitrogen and oxygen atoms in total. The highest BCUT2D eigenvalue weighted by Gasteiger charge is 2.41. The smallest absolute Gasteiger partial charge is 0.417 e. The fraction of sp³-hybridized carbons (Fsp3) is 0.429. The summed E-state index contributed by atoms with van der Waals surface area (Å²) in [7, 11) is 0.993. The number of alkyl halides is 3. The van der Waals surface area contributed by atoms with E-state index in [1.165, 1.54) is 13.8 Å². The maximum absolute atomic E-state index is 13.1. The van der Waals surface area contributed by atoms with Crippen molar-refractivity contribution < 1.29 is 32.2 Å². The van der Waals surface area contributed by atoms with E-state index in [1.54, 1.807) is 0 Å². The molecule has 1 heterocycles. The van der Waals surface area contributed by atoms with Crippen LogP contribution in [-0.4, -0.2) is 24.5 Å². The van der Waals surface area contributed by atoms with Crippen LogP contribution in [0.15, 0.2) is 12.1 Å². The second-order valence-electron chi connectivity index (χ2n) is 5.21. The van der Waals surface area contributed by atoms with E-state index in [2.05, 4.69) is 4.74 Å². The third-order valence-corrected chi connectivity index (χ3v) is 3.30. The Morgan fingerprint density at radius 2 is 1.95 bits per heavy atom. The van der Waals surface area contributed by atoms with E-state index in [9.17, 15) is 22.8 Å². The van der Waals surface area contributed by atoms with E-state index >= 15 is 0 Å². The summed E-state index contributed by atoms with van der Waals surface area (Å²) in [6, 6.07) is 1.76. The Kier molecular flexibility index (Phi) is 3.47. The summed E-state index contributed by atoms with van der Waals surface area (Å²) in [4.78, 5) is 23.4. The zero-order valence-corrected chi connectivity index (χ0v) is 11.6. The largest absolute Gasteiger partial charge is 0.480 e. The lowest BCUT2D eigenvalue weighted by Gasteiger charge is -2.32. The van der Waals surface area contributed by atoms with E-state index < -0.39 is 28.9 Å². The molecule has 1 aromatic rings. The van der Waals surface area contributed by atoms with Crippen molar-refractivity contribution in [1.82, 2.24) is 0 Å². The third-order valence-electron chi connectivity index (χ3n) is 3.30. The number of carbonyl (C=O) groups is 2. The normalized spacial score (nSPS) is 17.0. The highest BCUT2D eigenvalue weighted by molar-refractivity contribution is 5.94. The molecule has 0 bridgehead atoms. The molecule has 0 atom stereocenters. The molecule has 0 radical (unpaired) electrons. The molecule has 7 heteroatoms. The first-order chi connectivity index (χ1) is 9.56. The van der Waals surface area contributed by atoms with Gasteiger partial charge in [0.05, 0.1) is 18.2 Å². The first kappa shape index (κ1) is 15.3. The molecule has 21 heavy (non-hydrogen) atoms. The Hall–Kier alpha value is -2.05. The van der Waals surface area contributed by atoms with Gasteiger partial charge in [0, 0.05) is 12.0 Å². The van der Waals surface area contributed by atoms with Crippen LogP contribution in [0.25, 0.3) is 0 Å². The Balaban J connectivity index is 2.63. The lowest BCUT2D eigenvalue weighted by atomic mass is 9.90. The van der Waals surface area contributed by atoms with Crippen LogP contribution in [0.1, 0.15) is 35.3 Å². The Morgan fingerprint density at radius 1 is 1.33 bits per heavy atom. The number of methoxy groups -OCH3 is 1. The number of ketones is 1. The van der Waals surface area contributed by atoms with E-state index in [1.807, 2.05) is 0 Å². The van der Waals surface area contributed by atoms with Crippen molar-refractivity contribution in [2.75, 3.05) is 7.11 Å². The summed E-state index contributed by atoms with van der Waals surface area (Å²) in [6.45, 7) is 2.97. The molecule has 0 saturated heterocycles. The summed E-state index contributed by atoms with van der Waals surface area (Å²) >= 11 is 0. The first-order valence-corrected chi connectivity index (χ1v) is 6.11. The maximum Gasteiger partial charge on any atom is 0.417 e. The van der Waals surface area contributed by atoms with Crippen LogP contribution >= 0.6 is 0 Å². The SMILES string of the molecule is COC(=O)c1cc2c(cc1C(F)(F)F)OC(C)(C)C(=O)C2. The first-order valence-electron chi connectivity index (χ1n) is 6.11. The molecule has 1 aromatic carbocycles. The zero-order valence-electron chi connectivity index (χ0n) is 11.6. The second kappa shape index (κ2) is 4.75. The van der Waals surface area contributed by atoms with Crippen molar-refractivity contribution in [3.8, 4) is 5.75 Å². The lowest BCUT2D eigenvalue weighted by molar-refractivity contribution is -0.138. The van der Waals surface area contributed by atoms with Gasteiger partial charge >= 0.3 is 12.1 Å². The minimum absolute atomic E-state index is 0.0421. The number of halogens is 3. The van der Waals surface area contributed by atoms with Crippen LogP contribution in [0.3, 0.4) is 0 Å². The quantitative estimate of drug-likeness (QED) is 0.749. The molecular formula is C14H13F3O4. The molecule has 1 aliphatic heterocycles. The van der Waals surface area contributed by atoms with E-state index in [-0.39, 0.29) is 23.5 Å². The number of fused-ring (bicyclic) bond motifs is 1. The van der Waals surface area contributed by atoms with Crippen LogP contribution in [0.5, 0.6) is 5.75 Å². The summed E-state index contributed by atoms with van der Waals surface area (Å²) in [6.07, 6.45) is -4.82. The van der Waals surface area contributed by atoms with Crippen molar-refractivity contribution in [3.05, 3.63) is 28.8 Å². The molecule has 1 aliphatic rings. The van der Waals surface area contributed by atoms with Gasteiger partial charge in [0.2, 0.25) is 0 Å². The summed E-state index contributed by atoms with van der Waals surface area (Å²) in [5.74, 6) is -1.42. The number of hydrogen-bond donors (Lipinski definition) is 0. The second-order valence-corrected chi connectivity index (χ2v) is 5.21. The van der Waals surface area contributed by atoms with Gasteiger partial charge in [-0.1, -0.05) is 0 Å². The highest BCUT2D eigenvalue weighted by atomic mass is 19.4. The fourth-order valence-electron chi connectivity index (χ4n) is 2.09. The number of benzene rings is 1. The monoisotopic (exact) mass is 302 g/mol.